The van der Waals surface area contributed by atoms with Gasteiger partial charge in [0.1, 0.15) is 10.6 Å². The van der Waals surface area contributed by atoms with Crippen molar-refractivity contribution in [2.75, 3.05) is 17.2 Å². The van der Waals surface area contributed by atoms with Crippen molar-refractivity contribution in [3.8, 4) is 11.1 Å². The third-order valence-electron chi connectivity index (χ3n) is 5.03. The molecule has 0 unspecified atom stereocenters. The first-order valence-corrected chi connectivity index (χ1v) is 12.3. The van der Waals surface area contributed by atoms with E-state index < -0.39 is 0 Å². The fourth-order valence-corrected chi connectivity index (χ4v) is 5.09. The molecule has 2 heterocycles. The molecule has 2 aromatic heterocycles. The molecule has 4 aromatic rings. The fraction of sp³-hybridized carbons (Fsp3) is 0.160. The Morgan fingerprint density at radius 1 is 1.12 bits per heavy atom. The highest BCUT2D eigenvalue weighted by atomic mass is 35.5. The second kappa shape index (κ2) is 10.8. The van der Waals surface area contributed by atoms with Gasteiger partial charge in [0.05, 0.1) is 13.2 Å². The van der Waals surface area contributed by atoms with E-state index in [0.29, 0.717) is 33.1 Å². The van der Waals surface area contributed by atoms with Gasteiger partial charge < -0.3 is 15.4 Å². The minimum atomic E-state index is -0.389. The van der Waals surface area contributed by atoms with Crippen molar-refractivity contribution in [2.24, 2.45) is 0 Å². The maximum atomic E-state index is 12.9. The van der Waals surface area contributed by atoms with Gasteiger partial charge >= 0.3 is 5.97 Å². The third-order valence-corrected chi connectivity index (χ3v) is 6.62. The summed E-state index contributed by atoms with van der Waals surface area (Å²) in [5.74, 6) is 0.193. The number of benzene rings is 2. The maximum absolute atomic E-state index is 12.9. The molecule has 0 aliphatic heterocycles. The quantitative estimate of drug-likeness (QED) is 0.215. The topological polar surface area (TPSA) is 68.2 Å². The van der Waals surface area contributed by atoms with Crippen LogP contribution < -0.4 is 10.6 Å². The van der Waals surface area contributed by atoms with Gasteiger partial charge in [0.15, 0.2) is 10.9 Å². The first kappa shape index (κ1) is 23.9. The molecule has 2 aromatic carbocycles. The summed E-state index contributed by atoms with van der Waals surface area (Å²) in [4.78, 5) is 13.9. The number of thiophene rings is 1. The number of nitrogens with one attached hydrogen (secondary N) is 2. The van der Waals surface area contributed by atoms with Crippen LogP contribution in [0, 0.1) is 6.92 Å². The summed E-state index contributed by atoms with van der Waals surface area (Å²) >= 11 is 13.2. The van der Waals surface area contributed by atoms with E-state index in [1.165, 1.54) is 11.3 Å². The van der Waals surface area contributed by atoms with E-state index in [9.17, 15) is 4.79 Å². The summed E-state index contributed by atoms with van der Waals surface area (Å²) in [6.07, 6.45) is 1.85. The van der Waals surface area contributed by atoms with Gasteiger partial charge in [-0.25, -0.2) is 4.79 Å². The lowest BCUT2D eigenvalue weighted by Crippen LogP contribution is -2.20. The highest BCUT2D eigenvalue weighted by molar-refractivity contribution is 7.80. The number of halogens is 1. The zero-order chi connectivity index (χ0) is 24.1. The number of hydrogen-bond acceptors (Lipinski definition) is 5. The van der Waals surface area contributed by atoms with Gasteiger partial charge in [-0.3, -0.25) is 4.68 Å². The second-order valence-corrected chi connectivity index (χ2v) is 9.43. The van der Waals surface area contributed by atoms with Crippen molar-refractivity contribution in [3.05, 3.63) is 87.9 Å². The summed E-state index contributed by atoms with van der Waals surface area (Å²) in [5, 5.41) is 12.4. The number of rotatable bonds is 7. The van der Waals surface area contributed by atoms with Gasteiger partial charge in [0, 0.05) is 27.7 Å². The second-order valence-electron chi connectivity index (χ2n) is 7.39. The molecule has 0 saturated heterocycles. The Balaban J connectivity index is 1.53. The van der Waals surface area contributed by atoms with Crippen molar-refractivity contribution in [2.45, 2.75) is 20.4 Å². The number of nitrogens with zero attached hydrogens (tertiary/aromatic N) is 2. The van der Waals surface area contributed by atoms with E-state index >= 15 is 0 Å². The zero-order valence-corrected chi connectivity index (χ0v) is 21.1. The molecule has 4 rings (SSSR count). The van der Waals surface area contributed by atoms with E-state index in [2.05, 4.69) is 15.7 Å². The van der Waals surface area contributed by atoms with Gasteiger partial charge in [-0.2, -0.15) is 5.10 Å². The Kier molecular flexibility index (Phi) is 7.62. The minimum Gasteiger partial charge on any atom is -0.462 e. The van der Waals surface area contributed by atoms with Crippen molar-refractivity contribution >= 4 is 57.1 Å². The molecule has 0 saturated carbocycles. The molecule has 0 spiro atoms. The van der Waals surface area contributed by atoms with Crippen molar-refractivity contribution in [3.63, 3.8) is 0 Å². The van der Waals surface area contributed by atoms with Crippen LogP contribution in [0.25, 0.3) is 11.1 Å². The molecular formula is C25H23ClN4O2S2. The molecule has 9 heteroatoms. The van der Waals surface area contributed by atoms with Crippen LogP contribution >= 0.6 is 35.2 Å². The molecule has 6 nitrogen and oxygen atoms in total. The Morgan fingerprint density at radius 2 is 1.85 bits per heavy atom. The SMILES string of the molecule is CCOC(=O)c1c(NC(=S)Nc2ccn(Cc3ccccc3Cl)n2)sc(C)c1-c1ccccc1. The Morgan fingerprint density at radius 3 is 2.59 bits per heavy atom. The summed E-state index contributed by atoms with van der Waals surface area (Å²) in [6, 6.07) is 19.3. The molecule has 174 valence electrons. The largest absolute Gasteiger partial charge is 0.462 e. The average Bonchev–Trinajstić information content (AvgIpc) is 3.39. The Labute approximate surface area is 212 Å². The average molecular weight is 511 g/mol. The number of aromatic nitrogens is 2. The molecule has 0 bridgehead atoms. The Bertz CT molecular complexity index is 1320. The standard InChI is InChI=1S/C25H23ClN4O2S2/c1-3-32-24(31)22-21(17-9-5-4-6-10-17)16(2)34-23(22)28-25(33)27-20-13-14-30(29-20)15-18-11-7-8-12-19(18)26/h4-14H,3,15H2,1-2H3,(H2,27,28,29,33). The van der Waals surface area contributed by atoms with Crippen LogP contribution in [0.2, 0.25) is 5.02 Å². The van der Waals surface area contributed by atoms with Gasteiger partial charge in [-0.05, 0) is 43.3 Å². The van der Waals surface area contributed by atoms with Crippen LogP contribution in [0.3, 0.4) is 0 Å². The monoisotopic (exact) mass is 510 g/mol. The van der Waals surface area contributed by atoms with Crippen LogP contribution in [0.15, 0.2) is 66.9 Å². The smallest absolute Gasteiger partial charge is 0.341 e. The fourth-order valence-electron chi connectivity index (χ4n) is 3.55. The molecule has 0 aliphatic rings. The van der Waals surface area contributed by atoms with Crippen LogP contribution in [0.4, 0.5) is 10.8 Å². The number of carbonyl (C=O) groups excluding carboxylic acids is 1. The summed E-state index contributed by atoms with van der Waals surface area (Å²) < 4.78 is 7.13. The van der Waals surface area contributed by atoms with Crippen LogP contribution in [-0.2, 0) is 11.3 Å². The number of carbonyl (C=O) groups is 1. The van der Waals surface area contributed by atoms with Crippen molar-refractivity contribution in [1.29, 1.82) is 0 Å². The normalized spacial score (nSPS) is 10.7. The number of ether oxygens (including phenoxy) is 1. The molecule has 0 amide bonds. The van der Waals surface area contributed by atoms with E-state index in [1.54, 1.807) is 11.6 Å². The van der Waals surface area contributed by atoms with Crippen LogP contribution in [-0.4, -0.2) is 27.5 Å². The van der Waals surface area contributed by atoms with Gasteiger partial charge in [0.2, 0.25) is 0 Å². The summed E-state index contributed by atoms with van der Waals surface area (Å²) in [7, 11) is 0. The van der Waals surface area contributed by atoms with Crippen LogP contribution in [0.5, 0.6) is 0 Å². The lowest BCUT2D eigenvalue weighted by Gasteiger charge is -2.11. The van der Waals surface area contributed by atoms with Gasteiger partial charge in [-0.1, -0.05) is 60.1 Å². The third kappa shape index (κ3) is 5.47. The number of aryl methyl sites for hydroxylation is 1. The van der Waals surface area contributed by atoms with Gasteiger partial charge in [0.25, 0.3) is 0 Å². The Hall–Kier alpha value is -3.20. The lowest BCUT2D eigenvalue weighted by atomic mass is 10.0. The van der Waals surface area contributed by atoms with E-state index in [1.807, 2.05) is 73.8 Å². The van der Waals surface area contributed by atoms with E-state index in [-0.39, 0.29) is 12.6 Å². The highest BCUT2D eigenvalue weighted by Gasteiger charge is 2.25. The van der Waals surface area contributed by atoms with Crippen molar-refractivity contribution in [1.82, 2.24) is 9.78 Å². The van der Waals surface area contributed by atoms with Gasteiger partial charge in [-0.15, -0.1) is 11.3 Å². The predicted octanol–water partition coefficient (Wildman–Crippen LogP) is 6.61. The first-order valence-electron chi connectivity index (χ1n) is 10.7. The summed E-state index contributed by atoms with van der Waals surface area (Å²) in [5.41, 5.74) is 3.24. The molecule has 0 aliphatic carbocycles. The van der Waals surface area contributed by atoms with Crippen molar-refractivity contribution < 1.29 is 9.53 Å². The number of anilines is 2. The lowest BCUT2D eigenvalue weighted by molar-refractivity contribution is 0.0529. The zero-order valence-electron chi connectivity index (χ0n) is 18.7. The highest BCUT2D eigenvalue weighted by Crippen LogP contribution is 2.40. The molecule has 34 heavy (non-hydrogen) atoms. The van der Waals surface area contributed by atoms with E-state index in [0.717, 1.165) is 21.6 Å². The molecule has 0 fully saturated rings. The number of hydrogen-bond donors (Lipinski definition) is 2. The maximum Gasteiger partial charge on any atom is 0.341 e. The van der Waals surface area contributed by atoms with E-state index in [4.69, 9.17) is 28.6 Å². The van der Waals surface area contributed by atoms with Crippen LogP contribution in [0.1, 0.15) is 27.7 Å². The molecule has 0 atom stereocenters. The predicted molar refractivity (Wildman–Crippen MR) is 143 cm³/mol. The molecule has 2 N–H and O–H groups in total. The minimum absolute atomic E-state index is 0.285. The molecular weight excluding hydrogens is 488 g/mol. The number of thiocarbonyl (C=S) groups is 1. The summed E-state index contributed by atoms with van der Waals surface area (Å²) in [6.45, 7) is 4.59. The number of esters is 1. The first-order chi connectivity index (χ1) is 16.5. The molecule has 0 radical (unpaired) electrons.